The fourth-order valence-corrected chi connectivity index (χ4v) is 6.27. The average Bonchev–Trinajstić information content (AvgIpc) is 3.06. The topological polar surface area (TPSA) is 64.0 Å². The van der Waals surface area contributed by atoms with Crippen LogP contribution in [0.4, 0.5) is 5.69 Å². The highest BCUT2D eigenvalue weighted by atomic mass is 32.2. The van der Waals surface area contributed by atoms with Crippen molar-refractivity contribution in [1.29, 1.82) is 0 Å². The number of amides is 1. The summed E-state index contributed by atoms with van der Waals surface area (Å²) in [4.78, 5) is 32.7. The molecule has 1 aliphatic carbocycles. The van der Waals surface area contributed by atoms with Gasteiger partial charge in [-0.25, -0.2) is 4.98 Å². The van der Waals surface area contributed by atoms with Gasteiger partial charge in [0.2, 0.25) is 5.91 Å². The van der Waals surface area contributed by atoms with Crippen LogP contribution in [-0.4, -0.2) is 21.2 Å². The molecule has 1 amide bonds. The van der Waals surface area contributed by atoms with Gasteiger partial charge in [0.25, 0.3) is 5.56 Å². The minimum Gasteiger partial charge on any atom is -0.325 e. The third-order valence-corrected chi connectivity index (χ3v) is 7.82. The lowest BCUT2D eigenvalue weighted by atomic mass is 9.89. The van der Waals surface area contributed by atoms with Crippen LogP contribution in [0.2, 0.25) is 0 Å². The first kappa shape index (κ1) is 21.1. The molecule has 0 saturated heterocycles. The molecule has 3 aromatic rings. The third-order valence-electron chi connectivity index (χ3n) is 5.70. The van der Waals surface area contributed by atoms with Crippen LogP contribution in [0.1, 0.15) is 41.8 Å². The van der Waals surface area contributed by atoms with Gasteiger partial charge in [0, 0.05) is 17.1 Å². The van der Waals surface area contributed by atoms with Gasteiger partial charge < -0.3 is 5.32 Å². The zero-order chi connectivity index (χ0) is 21.4. The molecule has 2 aromatic heterocycles. The SMILES string of the molecule is CCn1c(SCC(=O)Nc2cc(C)ccc2C)nc2sc3c(c2c1=O)CCC(C)C3. The van der Waals surface area contributed by atoms with Crippen LogP contribution in [0, 0.1) is 19.8 Å². The summed E-state index contributed by atoms with van der Waals surface area (Å²) in [5.74, 6) is 0.777. The van der Waals surface area contributed by atoms with Crippen molar-refractivity contribution in [3.8, 4) is 0 Å². The number of thiophene rings is 1. The molecular formula is C23H27N3O2S2. The summed E-state index contributed by atoms with van der Waals surface area (Å²) in [6, 6.07) is 6.00. The quantitative estimate of drug-likeness (QED) is 0.449. The molecule has 1 aromatic carbocycles. The second-order valence-corrected chi connectivity index (χ2v) is 10.2. The maximum absolute atomic E-state index is 13.2. The molecule has 0 radical (unpaired) electrons. The summed E-state index contributed by atoms with van der Waals surface area (Å²) in [7, 11) is 0. The van der Waals surface area contributed by atoms with Gasteiger partial charge in [-0.2, -0.15) is 0 Å². The molecule has 0 saturated carbocycles. The number of hydrogen-bond donors (Lipinski definition) is 1. The number of nitrogens with one attached hydrogen (secondary N) is 1. The largest absolute Gasteiger partial charge is 0.325 e. The van der Waals surface area contributed by atoms with Crippen molar-refractivity contribution >= 4 is 44.9 Å². The van der Waals surface area contributed by atoms with Crippen molar-refractivity contribution in [2.45, 2.75) is 58.7 Å². The van der Waals surface area contributed by atoms with E-state index in [1.54, 1.807) is 15.9 Å². The first-order valence-electron chi connectivity index (χ1n) is 10.4. The predicted octanol–water partition coefficient (Wildman–Crippen LogP) is 4.95. The minimum atomic E-state index is -0.0926. The minimum absolute atomic E-state index is 0.0342. The molecule has 1 aliphatic rings. The zero-order valence-electron chi connectivity index (χ0n) is 17.9. The maximum atomic E-state index is 13.2. The third kappa shape index (κ3) is 4.05. The fraction of sp³-hybridized carbons (Fsp3) is 0.435. The first-order chi connectivity index (χ1) is 14.4. The van der Waals surface area contributed by atoms with E-state index in [0.29, 0.717) is 17.6 Å². The predicted molar refractivity (Wildman–Crippen MR) is 126 cm³/mol. The molecule has 0 aliphatic heterocycles. The van der Waals surface area contributed by atoms with Gasteiger partial charge in [-0.3, -0.25) is 14.2 Å². The Morgan fingerprint density at radius 3 is 2.93 bits per heavy atom. The van der Waals surface area contributed by atoms with Crippen molar-refractivity contribution in [3.63, 3.8) is 0 Å². The Labute approximate surface area is 184 Å². The van der Waals surface area contributed by atoms with Crippen LogP contribution in [-0.2, 0) is 24.2 Å². The highest BCUT2D eigenvalue weighted by Gasteiger charge is 2.24. The second-order valence-electron chi connectivity index (χ2n) is 8.13. The van der Waals surface area contributed by atoms with Gasteiger partial charge in [-0.1, -0.05) is 30.8 Å². The monoisotopic (exact) mass is 441 g/mol. The molecule has 1 unspecified atom stereocenters. The smallest absolute Gasteiger partial charge is 0.263 e. The number of aromatic nitrogens is 2. The van der Waals surface area contributed by atoms with Crippen LogP contribution < -0.4 is 10.9 Å². The lowest BCUT2D eigenvalue weighted by molar-refractivity contribution is -0.113. The maximum Gasteiger partial charge on any atom is 0.263 e. The van der Waals surface area contributed by atoms with Gasteiger partial charge in [0.15, 0.2) is 5.16 Å². The Bertz CT molecular complexity index is 1180. The molecule has 5 nitrogen and oxygen atoms in total. The van der Waals surface area contributed by atoms with Crippen molar-refractivity contribution in [2.24, 2.45) is 5.92 Å². The van der Waals surface area contributed by atoms with Crippen molar-refractivity contribution in [1.82, 2.24) is 9.55 Å². The highest BCUT2D eigenvalue weighted by Crippen LogP contribution is 2.36. The van der Waals surface area contributed by atoms with Gasteiger partial charge >= 0.3 is 0 Å². The van der Waals surface area contributed by atoms with Crippen molar-refractivity contribution in [3.05, 3.63) is 50.1 Å². The van der Waals surface area contributed by atoms with E-state index in [-0.39, 0.29) is 17.2 Å². The number of thioether (sulfide) groups is 1. The molecule has 4 rings (SSSR count). The number of carbonyl (C=O) groups excluding carboxylic acids is 1. The van der Waals surface area contributed by atoms with Crippen LogP contribution >= 0.6 is 23.1 Å². The first-order valence-corrected chi connectivity index (χ1v) is 12.2. The van der Waals surface area contributed by atoms with Crippen molar-refractivity contribution < 1.29 is 4.79 Å². The van der Waals surface area contributed by atoms with E-state index in [4.69, 9.17) is 4.98 Å². The van der Waals surface area contributed by atoms with Crippen LogP contribution in [0.5, 0.6) is 0 Å². The fourth-order valence-electron chi connectivity index (χ4n) is 3.98. The van der Waals surface area contributed by atoms with E-state index in [0.717, 1.165) is 46.3 Å². The second kappa shape index (κ2) is 8.55. The Morgan fingerprint density at radius 2 is 2.17 bits per heavy atom. The Balaban J connectivity index is 1.59. The van der Waals surface area contributed by atoms with Gasteiger partial charge in [0.1, 0.15) is 4.83 Å². The van der Waals surface area contributed by atoms with E-state index in [2.05, 4.69) is 12.2 Å². The normalized spacial score (nSPS) is 15.9. The number of rotatable bonds is 5. The number of benzene rings is 1. The Kier molecular flexibility index (Phi) is 6.02. The summed E-state index contributed by atoms with van der Waals surface area (Å²) in [5, 5.41) is 4.40. The van der Waals surface area contributed by atoms with Gasteiger partial charge in [-0.05, 0) is 68.7 Å². The molecule has 30 heavy (non-hydrogen) atoms. The molecule has 0 fully saturated rings. The Hall–Kier alpha value is -2.12. The number of fused-ring (bicyclic) bond motifs is 3. The van der Waals surface area contributed by atoms with Crippen LogP contribution in [0.15, 0.2) is 28.2 Å². The average molecular weight is 442 g/mol. The molecule has 7 heteroatoms. The number of hydrogen-bond acceptors (Lipinski definition) is 5. The highest BCUT2D eigenvalue weighted by molar-refractivity contribution is 7.99. The molecule has 0 spiro atoms. The summed E-state index contributed by atoms with van der Waals surface area (Å²) in [6.07, 6.45) is 3.12. The summed E-state index contributed by atoms with van der Waals surface area (Å²) < 4.78 is 1.71. The standard InChI is InChI=1S/C23H27N3O2S2/c1-5-26-22(28)20-16-9-7-14(3)11-18(16)30-21(20)25-23(26)29-12-19(27)24-17-10-13(2)6-8-15(17)4/h6,8,10,14H,5,7,9,11-12H2,1-4H3,(H,24,27). The number of aryl methyl sites for hydroxylation is 3. The van der Waals surface area contributed by atoms with Crippen LogP contribution in [0.3, 0.4) is 0 Å². The van der Waals surface area contributed by atoms with E-state index in [1.165, 1.54) is 22.2 Å². The van der Waals surface area contributed by atoms with E-state index in [1.807, 2.05) is 39.0 Å². The van der Waals surface area contributed by atoms with Gasteiger partial charge in [0.05, 0.1) is 11.1 Å². The summed E-state index contributed by atoms with van der Waals surface area (Å²) in [6.45, 7) is 8.75. The molecule has 158 valence electrons. The molecule has 1 N–H and O–H groups in total. The molecule has 0 bridgehead atoms. The molecular weight excluding hydrogens is 414 g/mol. The number of carbonyl (C=O) groups is 1. The van der Waals surface area contributed by atoms with E-state index in [9.17, 15) is 9.59 Å². The van der Waals surface area contributed by atoms with Crippen LogP contribution in [0.25, 0.3) is 10.2 Å². The van der Waals surface area contributed by atoms with E-state index < -0.39 is 0 Å². The Morgan fingerprint density at radius 1 is 1.37 bits per heavy atom. The lowest BCUT2D eigenvalue weighted by Crippen LogP contribution is -2.24. The number of nitrogens with zero attached hydrogens (tertiary/aromatic N) is 2. The molecule has 1 atom stereocenters. The molecule has 2 heterocycles. The summed E-state index contributed by atoms with van der Waals surface area (Å²) >= 11 is 2.98. The summed E-state index contributed by atoms with van der Waals surface area (Å²) in [5.41, 5.74) is 4.20. The zero-order valence-corrected chi connectivity index (χ0v) is 19.5. The lowest BCUT2D eigenvalue weighted by Gasteiger charge is -2.17. The van der Waals surface area contributed by atoms with Crippen molar-refractivity contribution in [2.75, 3.05) is 11.1 Å². The van der Waals surface area contributed by atoms with Gasteiger partial charge in [-0.15, -0.1) is 11.3 Å². The number of anilines is 1. The van der Waals surface area contributed by atoms with E-state index >= 15 is 0 Å².